The monoisotopic (exact) mass is 209 g/mol. The van der Waals surface area contributed by atoms with Gasteiger partial charge in [-0.05, 0) is 37.0 Å². The molecule has 0 saturated heterocycles. The van der Waals surface area contributed by atoms with Crippen molar-refractivity contribution in [3.63, 3.8) is 0 Å². The number of rotatable bonds is 5. The van der Waals surface area contributed by atoms with Gasteiger partial charge in [-0.15, -0.1) is 0 Å². The van der Waals surface area contributed by atoms with Crippen LogP contribution in [0.5, 0.6) is 5.75 Å². The van der Waals surface area contributed by atoms with E-state index in [1.165, 1.54) is 5.56 Å². The van der Waals surface area contributed by atoms with Crippen LogP contribution in [0.2, 0.25) is 0 Å². The molecule has 0 aliphatic heterocycles. The quantitative estimate of drug-likeness (QED) is 0.767. The molecule has 0 aromatic heterocycles. The molecule has 15 heavy (non-hydrogen) atoms. The lowest BCUT2D eigenvalue weighted by atomic mass is 10.0. The molecule has 1 atom stereocenters. The van der Waals surface area contributed by atoms with Gasteiger partial charge in [-0.3, -0.25) is 0 Å². The molecule has 3 N–H and O–H groups in total. The topological polar surface area (TPSA) is 55.5 Å². The van der Waals surface area contributed by atoms with E-state index >= 15 is 0 Å². The lowest BCUT2D eigenvalue weighted by Crippen LogP contribution is -2.20. The van der Waals surface area contributed by atoms with Gasteiger partial charge in [0.25, 0.3) is 0 Å². The third-order valence-electron chi connectivity index (χ3n) is 2.59. The average Bonchev–Trinajstić information content (AvgIpc) is 2.26. The SMILES string of the molecule is COc1cccc(C)c1CCC(O)CN. The molecule has 1 rings (SSSR count). The Bertz CT molecular complexity index is 312. The maximum absolute atomic E-state index is 9.41. The number of nitrogens with two attached hydrogens (primary N) is 1. The highest BCUT2D eigenvalue weighted by atomic mass is 16.5. The summed E-state index contributed by atoms with van der Waals surface area (Å²) in [5.41, 5.74) is 7.72. The van der Waals surface area contributed by atoms with Crippen LogP contribution in [0.15, 0.2) is 18.2 Å². The Morgan fingerprint density at radius 1 is 1.47 bits per heavy atom. The van der Waals surface area contributed by atoms with Gasteiger partial charge in [0.2, 0.25) is 0 Å². The molecule has 0 radical (unpaired) electrons. The van der Waals surface area contributed by atoms with Crippen molar-refractivity contribution >= 4 is 0 Å². The Balaban J connectivity index is 2.74. The van der Waals surface area contributed by atoms with E-state index in [-0.39, 0.29) is 0 Å². The maximum atomic E-state index is 9.41. The van der Waals surface area contributed by atoms with Crippen LogP contribution >= 0.6 is 0 Å². The first kappa shape index (κ1) is 12.0. The minimum absolute atomic E-state index is 0.314. The van der Waals surface area contributed by atoms with Gasteiger partial charge < -0.3 is 15.6 Å². The van der Waals surface area contributed by atoms with Crippen molar-refractivity contribution in [1.82, 2.24) is 0 Å². The number of hydrogen-bond acceptors (Lipinski definition) is 3. The van der Waals surface area contributed by atoms with E-state index in [2.05, 4.69) is 0 Å². The van der Waals surface area contributed by atoms with Crippen molar-refractivity contribution in [2.45, 2.75) is 25.9 Å². The first-order valence-corrected chi connectivity index (χ1v) is 5.19. The van der Waals surface area contributed by atoms with Gasteiger partial charge in [0.1, 0.15) is 5.75 Å². The van der Waals surface area contributed by atoms with Crippen LogP contribution < -0.4 is 10.5 Å². The van der Waals surface area contributed by atoms with Gasteiger partial charge >= 0.3 is 0 Å². The summed E-state index contributed by atoms with van der Waals surface area (Å²) >= 11 is 0. The van der Waals surface area contributed by atoms with E-state index in [0.717, 1.165) is 17.7 Å². The summed E-state index contributed by atoms with van der Waals surface area (Å²) in [5.74, 6) is 0.888. The van der Waals surface area contributed by atoms with Crippen molar-refractivity contribution in [2.24, 2.45) is 5.73 Å². The van der Waals surface area contributed by atoms with Crippen molar-refractivity contribution < 1.29 is 9.84 Å². The zero-order valence-electron chi connectivity index (χ0n) is 9.36. The van der Waals surface area contributed by atoms with Crippen molar-refractivity contribution in [2.75, 3.05) is 13.7 Å². The second kappa shape index (κ2) is 5.73. The predicted octanol–water partition coefficient (Wildman–Crippen LogP) is 1.26. The molecule has 1 unspecified atom stereocenters. The summed E-state index contributed by atoms with van der Waals surface area (Å²) in [5, 5.41) is 9.41. The molecule has 1 aromatic rings. The van der Waals surface area contributed by atoms with Crippen LogP contribution in [-0.4, -0.2) is 24.9 Å². The molecule has 0 amide bonds. The number of aryl methyl sites for hydroxylation is 1. The normalized spacial score (nSPS) is 12.5. The number of hydrogen-bond donors (Lipinski definition) is 2. The number of benzene rings is 1. The van der Waals surface area contributed by atoms with Gasteiger partial charge in [-0.1, -0.05) is 12.1 Å². The van der Waals surface area contributed by atoms with Crippen molar-refractivity contribution in [3.05, 3.63) is 29.3 Å². The summed E-state index contributed by atoms with van der Waals surface area (Å²) in [4.78, 5) is 0. The Labute approximate surface area is 90.9 Å². The molecule has 0 aliphatic rings. The highest BCUT2D eigenvalue weighted by Crippen LogP contribution is 2.23. The van der Waals surface area contributed by atoms with Crippen molar-refractivity contribution in [1.29, 1.82) is 0 Å². The second-order valence-corrected chi connectivity index (χ2v) is 3.68. The van der Waals surface area contributed by atoms with E-state index in [9.17, 15) is 5.11 Å². The summed E-state index contributed by atoms with van der Waals surface area (Å²) < 4.78 is 5.28. The van der Waals surface area contributed by atoms with Gasteiger partial charge in [0, 0.05) is 6.54 Å². The lowest BCUT2D eigenvalue weighted by Gasteiger charge is -2.13. The smallest absolute Gasteiger partial charge is 0.122 e. The van der Waals surface area contributed by atoms with Crippen LogP contribution in [-0.2, 0) is 6.42 Å². The molecular weight excluding hydrogens is 190 g/mol. The van der Waals surface area contributed by atoms with Gasteiger partial charge in [0.15, 0.2) is 0 Å². The van der Waals surface area contributed by atoms with Crippen LogP contribution in [0.1, 0.15) is 17.5 Å². The van der Waals surface area contributed by atoms with Gasteiger partial charge in [0.05, 0.1) is 13.2 Å². The molecule has 0 bridgehead atoms. The first-order chi connectivity index (χ1) is 7.19. The molecule has 3 nitrogen and oxygen atoms in total. The van der Waals surface area contributed by atoms with Crippen LogP contribution in [0.25, 0.3) is 0 Å². The molecule has 0 spiro atoms. The Morgan fingerprint density at radius 2 is 2.20 bits per heavy atom. The Hall–Kier alpha value is -1.06. The van der Waals surface area contributed by atoms with Crippen LogP contribution in [0.3, 0.4) is 0 Å². The predicted molar refractivity (Wildman–Crippen MR) is 61.1 cm³/mol. The molecule has 1 aromatic carbocycles. The minimum Gasteiger partial charge on any atom is -0.496 e. The average molecular weight is 209 g/mol. The number of aliphatic hydroxyl groups is 1. The highest BCUT2D eigenvalue weighted by Gasteiger charge is 2.08. The first-order valence-electron chi connectivity index (χ1n) is 5.19. The summed E-state index contributed by atoms with van der Waals surface area (Å²) in [6.45, 7) is 2.36. The fourth-order valence-corrected chi connectivity index (χ4v) is 1.62. The maximum Gasteiger partial charge on any atom is 0.122 e. The standard InChI is InChI=1S/C12H19NO2/c1-9-4-3-5-12(15-2)11(9)7-6-10(14)8-13/h3-5,10,14H,6-8,13H2,1-2H3. The fourth-order valence-electron chi connectivity index (χ4n) is 1.62. The summed E-state index contributed by atoms with van der Waals surface area (Å²) in [6.07, 6.45) is 1.06. The second-order valence-electron chi connectivity index (χ2n) is 3.68. The van der Waals surface area contributed by atoms with Crippen LogP contribution in [0, 0.1) is 6.92 Å². The Kier molecular flexibility index (Phi) is 4.59. The fraction of sp³-hybridized carbons (Fsp3) is 0.500. The van der Waals surface area contributed by atoms with Crippen LogP contribution in [0.4, 0.5) is 0 Å². The zero-order chi connectivity index (χ0) is 11.3. The van der Waals surface area contributed by atoms with Gasteiger partial charge in [-0.25, -0.2) is 0 Å². The van der Waals surface area contributed by atoms with E-state index < -0.39 is 6.10 Å². The largest absolute Gasteiger partial charge is 0.496 e. The highest BCUT2D eigenvalue weighted by molar-refractivity contribution is 5.39. The number of aliphatic hydroxyl groups excluding tert-OH is 1. The molecule has 0 fully saturated rings. The minimum atomic E-state index is -0.422. The zero-order valence-corrected chi connectivity index (χ0v) is 9.36. The summed E-state index contributed by atoms with van der Waals surface area (Å²) in [6, 6.07) is 5.96. The van der Waals surface area contributed by atoms with E-state index in [4.69, 9.17) is 10.5 Å². The molecular formula is C12H19NO2. The van der Waals surface area contributed by atoms with E-state index in [1.54, 1.807) is 7.11 Å². The van der Waals surface area contributed by atoms with E-state index in [0.29, 0.717) is 13.0 Å². The third kappa shape index (κ3) is 3.22. The van der Waals surface area contributed by atoms with E-state index in [1.807, 2.05) is 25.1 Å². The molecule has 3 heteroatoms. The van der Waals surface area contributed by atoms with Gasteiger partial charge in [-0.2, -0.15) is 0 Å². The molecule has 84 valence electrons. The number of ether oxygens (including phenoxy) is 1. The third-order valence-corrected chi connectivity index (χ3v) is 2.59. The molecule has 0 heterocycles. The Morgan fingerprint density at radius 3 is 2.80 bits per heavy atom. The number of methoxy groups -OCH3 is 1. The van der Waals surface area contributed by atoms with Crippen molar-refractivity contribution in [3.8, 4) is 5.75 Å². The molecule has 0 aliphatic carbocycles. The summed E-state index contributed by atoms with van der Waals surface area (Å²) in [7, 11) is 1.66. The molecule has 0 saturated carbocycles. The lowest BCUT2D eigenvalue weighted by molar-refractivity contribution is 0.173.